The Hall–Kier alpha value is -1.62. The Morgan fingerprint density at radius 3 is 2.95 bits per heavy atom. The average Bonchev–Trinajstić information content (AvgIpc) is 2.45. The summed E-state index contributed by atoms with van der Waals surface area (Å²) in [5.41, 5.74) is 0.581. The van der Waals surface area contributed by atoms with E-state index in [1.54, 1.807) is 11.1 Å². The Balaban J connectivity index is 1.82. The van der Waals surface area contributed by atoms with Crippen LogP contribution in [0.2, 0.25) is 0 Å². The number of piperidine rings is 1. The topological polar surface area (TPSA) is 54.5 Å². The van der Waals surface area contributed by atoms with Gasteiger partial charge in [-0.2, -0.15) is 0 Å². The summed E-state index contributed by atoms with van der Waals surface area (Å²) >= 11 is 0. The Morgan fingerprint density at radius 2 is 2.29 bits per heavy atom. The first-order valence-electron chi connectivity index (χ1n) is 7.55. The van der Waals surface area contributed by atoms with Gasteiger partial charge in [-0.15, -0.1) is 0 Å². The van der Waals surface area contributed by atoms with Crippen molar-refractivity contribution in [2.75, 3.05) is 13.1 Å². The maximum Gasteiger partial charge on any atom is 0.410 e. The van der Waals surface area contributed by atoms with Crippen molar-refractivity contribution in [1.29, 1.82) is 0 Å². The van der Waals surface area contributed by atoms with Crippen molar-refractivity contribution in [2.24, 2.45) is 0 Å². The Kier molecular flexibility index (Phi) is 5.17. The third kappa shape index (κ3) is 5.34. The fourth-order valence-electron chi connectivity index (χ4n) is 2.39. The van der Waals surface area contributed by atoms with Crippen molar-refractivity contribution in [3.8, 4) is 0 Å². The molecule has 2 heterocycles. The first-order valence-corrected chi connectivity index (χ1v) is 7.55. The summed E-state index contributed by atoms with van der Waals surface area (Å²) in [7, 11) is 0. The Labute approximate surface area is 126 Å². The second-order valence-corrected chi connectivity index (χ2v) is 6.47. The number of carbonyl (C=O) groups is 1. The number of hydrogen-bond donors (Lipinski definition) is 1. The summed E-state index contributed by atoms with van der Waals surface area (Å²) in [4.78, 5) is 18.2. The molecular formula is C16H25N3O2. The van der Waals surface area contributed by atoms with Gasteiger partial charge in [-0.1, -0.05) is 6.07 Å². The third-order valence-electron chi connectivity index (χ3n) is 3.37. The van der Waals surface area contributed by atoms with Crippen LogP contribution in [0, 0.1) is 0 Å². The lowest BCUT2D eigenvalue weighted by atomic mass is 10.1. The van der Waals surface area contributed by atoms with Crippen LogP contribution in [0.5, 0.6) is 0 Å². The van der Waals surface area contributed by atoms with Crippen LogP contribution in [0.25, 0.3) is 0 Å². The van der Waals surface area contributed by atoms with Gasteiger partial charge in [0.05, 0.1) is 5.69 Å². The molecular weight excluding hydrogens is 266 g/mol. The van der Waals surface area contributed by atoms with Crippen molar-refractivity contribution >= 4 is 6.09 Å². The number of amides is 1. The summed E-state index contributed by atoms with van der Waals surface area (Å²) < 4.78 is 5.44. The van der Waals surface area contributed by atoms with Gasteiger partial charge in [-0.3, -0.25) is 4.98 Å². The van der Waals surface area contributed by atoms with Gasteiger partial charge in [0.1, 0.15) is 5.60 Å². The minimum absolute atomic E-state index is 0.216. The molecule has 1 atom stereocenters. The molecule has 1 aliphatic heterocycles. The van der Waals surface area contributed by atoms with Crippen LogP contribution >= 0.6 is 0 Å². The molecule has 1 aliphatic rings. The van der Waals surface area contributed by atoms with Crippen LogP contribution < -0.4 is 5.32 Å². The molecule has 1 unspecified atom stereocenters. The zero-order valence-electron chi connectivity index (χ0n) is 13.1. The zero-order chi connectivity index (χ0) is 15.3. The number of aromatic nitrogens is 1. The minimum atomic E-state index is -0.439. The fourth-order valence-corrected chi connectivity index (χ4v) is 2.39. The summed E-state index contributed by atoms with van der Waals surface area (Å²) in [6, 6.07) is 6.20. The maximum absolute atomic E-state index is 12.1. The summed E-state index contributed by atoms with van der Waals surface area (Å²) in [5.74, 6) is 0. The summed E-state index contributed by atoms with van der Waals surface area (Å²) in [6.45, 7) is 7.88. The Bertz CT molecular complexity index is 456. The lowest BCUT2D eigenvalue weighted by Gasteiger charge is -2.34. The van der Waals surface area contributed by atoms with Crippen LogP contribution in [0.3, 0.4) is 0 Å². The van der Waals surface area contributed by atoms with Gasteiger partial charge in [0.25, 0.3) is 0 Å². The molecule has 1 N–H and O–H groups in total. The molecule has 0 aliphatic carbocycles. The van der Waals surface area contributed by atoms with E-state index in [1.165, 1.54) is 0 Å². The fraction of sp³-hybridized carbons (Fsp3) is 0.625. The summed E-state index contributed by atoms with van der Waals surface area (Å²) in [5, 5.41) is 3.47. The van der Waals surface area contributed by atoms with E-state index in [0.29, 0.717) is 12.6 Å². The Morgan fingerprint density at radius 1 is 1.48 bits per heavy atom. The van der Waals surface area contributed by atoms with Crippen molar-refractivity contribution in [3.05, 3.63) is 30.1 Å². The second-order valence-electron chi connectivity index (χ2n) is 6.47. The number of likely N-dealkylation sites (tertiary alicyclic amines) is 1. The summed E-state index contributed by atoms with van der Waals surface area (Å²) in [6.07, 6.45) is 3.66. The highest BCUT2D eigenvalue weighted by atomic mass is 16.6. The SMILES string of the molecule is CC(C)(C)OC(=O)N1CCCC(NCc2ccccn2)C1. The van der Waals surface area contributed by atoms with Gasteiger partial charge >= 0.3 is 6.09 Å². The predicted octanol–water partition coefficient (Wildman–Crippen LogP) is 2.57. The van der Waals surface area contributed by atoms with Gasteiger partial charge in [0, 0.05) is 31.9 Å². The lowest BCUT2D eigenvalue weighted by molar-refractivity contribution is 0.0187. The standard InChI is InChI=1S/C16H25N3O2/c1-16(2,3)21-15(20)19-10-6-8-14(12-19)18-11-13-7-4-5-9-17-13/h4-5,7,9,14,18H,6,8,10-12H2,1-3H3. The quantitative estimate of drug-likeness (QED) is 0.930. The van der Waals surface area contributed by atoms with E-state index in [4.69, 9.17) is 4.74 Å². The van der Waals surface area contributed by atoms with Crippen molar-refractivity contribution in [3.63, 3.8) is 0 Å². The molecule has 0 radical (unpaired) electrons. The number of rotatable bonds is 3. The molecule has 21 heavy (non-hydrogen) atoms. The molecule has 116 valence electrons. The molecule has 2 rings (SSSR count). The highest BCUT2D eigenvalue weighted by molar-refractivity contribution is 5.68. The number of hydrogen-bond acceptors (Lipinski definition) is 4. The van der Waals surface area contributed by atoms with Crippen molar-refractivity contribution in [2.45, 2.75) is 51.8 Å². The highest BCUT2D eigenvalue weighted by Gasteiger charge is 2.27. The molecule has 1 fully saturated rings. The van der Waals surface area contributed by atoms with E-state index in [1.807, 2.05) is 39.0 Å². The largest absolute Gasteiger partial charge is 0.444 e. The molecule has 0 saturated carbocycles. The normalized spacial score (nSPS) is 19.4. The molecule has 1 amide bonds. The highest BCUT2D eigenvalue weighted by Crippen LogP contribution is 2.15. The number of carbonyl (C=O) groups excluding carboxylic acids is 1. The van der Waals surface area contributed by atoms with Crippen molar-refractivity contribution < 1.29 is 9.53 Å². The number of nitrogens with one attached hydrogen (secondary N) is 1. The van der Waals surface area contributed by atoms with Gasteiger partial charge < -0.3 is 15.0 Å². The molecule has 5 heteroatoms. The third-order valence-corrected chi connectivity index (χ3v) is 3.37. The second kappa shape index (κ2) is 6.89. The first-order chi connectivity index (χ1) is 9.94. The molecule has 0 spiro atoms. The van der Waals surface area contributed by atoms with Gasteiger partial charge in [-0.05, 0) is 45.7 Å². The van der Waals surface area contributed by atoms with Gasteiger partial charge in [0.2, 0.25) is 0 Å². The minimum Gasteiger partial charge on any atom is -0.444 e. The lowest BCUT2D eigenvalue weighted by Crippen LogP contribution is -2.49. The van der Waals surface area contributed by atoms with E-state index in [0.717, 1.165) is 31.6 Å². The van der Waals surface area contributed by atoms with E-state index in [9.17, 15) is 4.79 Å². The molecule has 1 saturated heterocycles. The molecule has 1 aromatic rings. The van der Waals surface area contributed by atoms with Crippen LogP contribution in [-0.2, 0) is 11.3 Å². The molecule has 5 nitrogen and oxygen atoms in total. The molecule has 0 bridgehead atoms. The van der Waals surface area contributed by atoms with Crippen LogP contribution in [0.15, 0.2) is 24.4 Å². The first kappa shape index (κ1) is 15.8. The smallest absolute Gasteiger partial charge is 0.410 e. The molecule has 0 aromatic carbocycles. The van der Waals surface area contributed by atoms with E-state index in [2.05, 4.69) is 10.3 Å². The van der Waals surface area contributed by atoms with Gasteiger partial charge in [0.15, 0.2) is 0 Å². The van der Waals surface area contributed by atoms with Crippen LogP contribution in [0.4, 0.5) is 4.79 Å². The number of pyridine rings is 1. The maximum atomic E-state index is 12.1. The average molecular weight is 291 g/mol. The van der Waals surface area contributed by atoms with Crippen molar-refractivity contribution in [1.82, 2.24) is 15.2 Å². The monoisotopic (exact) mass is 291 g/mol. The van der Waals surface area contributed by atoms with Gasteiger partial charge in [-0.25, -0.2) is 4.79 Å². The van der Waals surface area contributed by atoms with E-state index >= 15 is 0 Å². The van der Waals surface area contributed by atoms with Crippen LogP contribution in [-0.4, -0.2) is 40.7 Å². The van der Waals surface area contributed by atoms with Crippen LogP contribution in [0.1, 0.15) is 39.3 Å². The number of nitrogens with zero attached hydrogens (tertiary/aromatic N) is 2. The predicted molar refractivity (Wildman–Crippen MR) is 81.9 cm³/mol. The van der Waals surface area contributed by atoms with E-state index < -0.39 is 5.60 Å². The molecule has 1 aromatic heterocycles. The van der Waals surface area contributed by atoms with E-state index in [-0.39, 0.29) is 6.09 Å². The zero-order valence-corrected chi connectivity index (χ0v) is 13.1. The number of ether oxygens (including phenoxy) is 1.